The van der Waals surface area contributed by atoms with E-state index < -0.39 is 29.7 Å². The standard InChI is InChI=1S/C13H14ClNO5/c1-13(12(19)20,6-10(16)17)7-15-11(18)8-4-2-3-5-9(8)14/h2-5H,6-7H2,1H3,(H,15,18)(H,16,17)(H,19,20). The smallest absolute Gasteiger partial charge is 0.311 e. The Morgan fingerprint density at radius 1 is 1.25 bits per heavy atom. The Morgan fingerprint density at radius 2 is 1.85 bits per heavy atom. The monoisotopic (exact) mass is 299 g/mol. The SMILES string of the molecule is CC(CNC(=O)c1ccccc1Cl)(CC(=O)O)C(=O)O. The molecule has 0 radical (unpaired) electrons. The highest BCUT2D eigenvalue weighted by atomic mass is 35.5. The number of carbonyl (C=O) groups is 3. The first-order valence-corrected chi connectivity index (χ1v) is 6.12. The molecule has 0 saturated carbocycles. The van der Waals surface area contributed by atoms with Gasteiger partial charge < -0.3 is 15.5 Å². The van der Waals surface area contributed by atoms with Crippen LogP contribution in [0.25, 0.3) is 0 Å². The summed E-state index contributed by atoms with van der Waals surface area (Å²) in [6.45, 7) is 0.953. The second kappa shape index (κ2) is 6.38. The van der Waals surface area contributed by atoms with Gasteiger partial charge >= 0.3 is 11.9 Å². The minimum Gasteiger partial charge on any atom is -0.481 e. The lowest BCUT2D eigenvalue weighted by atomic mass is 9.86. The molecule has 1 amide bonds. The number of carboxylic acids is 2. The van der Waals surface area contributed by atoms with E-state index in [1.54, 1.807) is 12.1 Å². The van der Waals surface area contributed by atoms with Gasteiger partial charge in [-0.05, 0) is 19.1 Å². The normalized spacial score (nSPS) is 13.3. The lowest BCUT2D eigenvalue weighted by Gasteiger charge is -2.23. The molecule has 0 aliphatic rings. The van der Waals surface area contributed by atoms with Crippen LogP contribution in [-0.2, 0) is 9.59 Å². The van der Waals surface area contributed by atoms with Crippen LogP contribution in [0.15, 0.2) is 24.3 Å². The van der Waals surface area contributed by atoms with E-state index in [1.165, 1.54) is 19.1 Å². The van der Waals surface area contributed by atoms with Crippen LogP contribution in [0.1, 0.15) is 23.7 Å². The molecule has 6 nitrogen and oxygen atoms in total. The van der Waals surface area contributed by atoms with E-state index >= 15 is 0 Å². The predicted molar refractivity (Wildman–Crippen MR) is 71.8 cm³/mol. The van der Waals surface area contributed by atoms with Crippen molar-refractivity contribution in [3.63, 3.8) is 0 Å². The molecule has 0 aromatic heterocycles. The van der Waals surface area contributed by atoms with Crippen LogP contribution in [0.5, 0.6) is 0 Å². The predicted octanol–water partition coefficient (Wildman–Crippen LogP) is 1.64. The van der Waals surface area contributed by atoms with Crippen molar-refractivity contribution in [2.45, 2.75) is 13.3 Å². The van der Waals surface area contributed by atoms with Gasteiger partial charge in [-0.15, -0.1) is 0 Å². The first kappa shape index (κ1) is 16.0. The van der Waals surface area contributed by atoms with E-state index in [2.05, 4.69) is 5.32 Å². The van der Waals surface area contributed by atoms with Gasteiger partial charge in [-0.1, -0.05) is 23.7 Å². The van der Waals surface area contributed by atoms with Crippen LogP contribution in [0, 0.1) is 5.41 Å². The Hall–Kier alpha value is -2.08. The maximum Gasteiger partial charge on any atom is 0.311 e. The summed E-state index contributed by atoms with van der Waals surface area (Å²) in [5, 5.41) is 20.4. The topological polar surface area (TPSA) is 104 Å². The van der Waals surface area contributed by atoms with Crippen LogP contribution >= 0.6 is 11.6 Å². The fourth-order valence-corrected chi connectivity index (χ4v) is 1.78. The minimum absolute atomic E-state index is 0.206. The molecule has 0 aliphatic heterocycles. The van der Waals surface area contributed by atoms with Gasteiger partial charge in [0.05, 0.1) is 22.4 Å². The second-order valence-electron chi connectivity index (χ2n) is 4.60. The molecule has 3 N–H and O–H groups in total. The van der Waals surface area contributed by atoms with Gasteiger partial charge in [-0.25, -0.2) is 0 Å². The van der Waals surface area contributed by atoms with Crippen molar-refractivity contribution in [1.82, 2.24) is 5.32 Å². The molecule has 0 saturated heterocycles. The summed E-state index contributed by atoms with van der Waals surface area (Å²) in [5.74, 6) is -3.09. The highest BCUT2D eigenvalue weighted by Crippen LogP contribution is 2.21. The van der Waals surface area contributed by atoms with Crippen molar-refractivity contribution < 1.29 is 24.6 Å². The Labute approximate surface area is 120 Å². The molecule has 0 heterocycles. The van der Waals surface area contributed by atoms with Crippen molar-refractivity contribution in [2.24, 2.45) is 5.41 Å². The average Bonchev–Trinajstić information content (AvgIpc) is 2.35. The van der Waals surface area contributed by atoms with Gasteiger partial charge in [-0.3, -0.25) is 14.4 Å². The van der Waals surface area contributed by atoms with Crippen LogP contribution in [0.2, 0.25) is 5.02 Å². The van der Waals surface area contributed by atoms with E-state index in [-0.39, 0.29) is 17.1 Å². The fourth-order valence-electron chi connectivity index (χ4n) is 1.56. The zero-order valence-electron chi connectivity index (χ0n) is 10.7. The van der Waals surface area contributed by atoms with Gasteiger partial charge in [0.2, 0.25) is 0 Å². The Bertz CT molecular complexity index is 545. The minimum atomic E-state index is -1.58. The third-order valence-electron chi connectivity index (χ3n) is 2.82. The molecule has 7 heteroatoms. The molecule has 1 unspecified atom stereocenters. The molecular formula is C13H14ClNO5. The fraction of sp³-hybridized carbons (Fsp3) is 0.308. The van der Waals surface area contributed by atoms with Gasteiger partial charge in [0.15, 0.2) is 0 Å². The third-order valence-corrected chi connectivity index (χ3v) is 3.14. The third kappa shape index (κ3) is 3.96. The molecule has 108 valence electrons. The number of halogens is 1. The van der Waals surface area contributed by atoms with Crippen molar-refractivity contribution in [3.05, 3.63) is 34.9 Å². The lowest BCUT2D eigenvalue weighted by Crippen LogP contribution is -2.42. The maximum absolute atomic E-state index is 11.9. The van der Waals surface area contributed by atoms with Gasteiger partial charge in [0.25, 0.3) is 5.91 Å². The Kier molecular flexibility index (Phi) is 5.10. The zero-order chi connectivity index (χ0) is 15.3. The van der Waals surface area contributed by atoms with E-state index in [1.807, 2.05) is 0 Å². The summed E-state index contributed by atoms with van der Waals surface area (Å²) in [5.41, 5.74) is -1.37. The van der Waals surface area contributed by atoms with Gasteiger partial charge in [0.1, 0.15) is 0 Å². The summed E-state index contributed by atoms with van der Waals surface area (Å²) in [4.78, 5) is 33.7. The van der Waals surface area contributed by atoms with Crippen molar-refractivity contribution >= 4 is 29.4 Å². The Morgan fingerprint density at radius 3 is 2.35 bits per heavy atom. The number of carbonyl (C=O) groups excluding carboxylic acids is 1. The first-order chi connectivity index (χ1) is 9.26. The number of aliphatic carboxylic acids is 2. The second-order valence-corrected chi connectivity index (χ2v) is 5.01. The summed E-state index contributed by atoms with van der Waals surface area (Å²) in [6, 6.07) is 6.30. The zero-order valence-corrected chi connectivity index (χ0v) is 11.5. The lowest BCUT2D eigenvalue weighted by molar-refractivity contribution is -0.154. The summed E-state index contributed by atoms with van der Waals surface area (Å²) < 4.78 is 0. The van der Waals surface area contributed by atoms with Crippen LogP contribution in [0.3, 0.4) is 0 Å². The van der Waals surface area contributed by atoms with E-state index in [0.717, 1.165) is 0 Å². The average molecular weight is 300 g/mol. The molecule has 1 aromatic rings. The molecule has 0 aliphatic carbocycles. The highest BCUT2D eigenvalue weighted by molar-refractivity contribution is 6.33. The quantitative estimate of drug-likeness (QED) is 0.741. The van der Waals surface area contributed by atoms with E-state index in [9.17, 15) is 14.4 Å². The maximum atomic E-state index is 11.9. The molecule has 0 fully saturated rings. The number of benzene rings is 1. The first-order valence-electron chi connectivity index (χ1n) is 5.74. The number of hydrogen-bond acceptors (Lipinski definition) is 3. The van der Waals surface area contributed by atoms with Crippen LogP contribution in [0.4, 0.5) is 0 Å². The number of carboxylic acid groups (broad SMARTS) is 2. The molecule has 1 aromatic carbocycles. The molecule has 20 heavy (non-hydrogen) atoms. The molecule has 1 rings (SSSR count). The summed E-state index contributed by atoms with van der Waals surface area (Å²) in [6.07, 6.45) is -0.592. The number of hydrogen-bond donors (Lipinski definition) is 3. The van der Waals surface area contributed by atoms with Crippen molar-refractivity contribution in [2.75, 3.05) is 6.54 Å². The van der Waals surface area contributed by atoms with Crippen molar-refractivity contribution in [3.8, 4) is 0 Å². The Balaban J connectivity index is 2.78. The molecular weight excluding hydrogens is 286 g/mol. The summed E-state index contributed by atoms with van der Waals surface area (Å²) in [7, 11) is 0. The van der Waals surface area contributed by atoms with E-state index in [0.29, 0.717) is 0 Å². The number of rotatable bonds is 6. The molecule has 1 atom stereocenters. The van der Waals surface area contributed by atoms with Crippen LogP contribution in [-0.4, -0.2) is 34.6 Å². The highest BCUT2D eigenvalue weighted by Gasteiger charge is 2.36. The summed E-state index contributed by atoms with van der Waals surface area (Å²) >= 11 is 5.84. The number of nitrogens with one attached hydrogen (secondary N) is 1. The molecule has 0 spiro atoms. The van der Waals surface area contributed by atoms with Crippen molar-refractivity contribution in [1.29, 1.82) is 0 Å². The number of amides is 1. The van der Waals surface area contributed by atoms with Gasteiger partial charge in [-0.2, -0.15) is 0 Å². The van der Waals surface area contributed by atoms with Crippen LogP contribution < -0.4 is 5.32 Å². The molecule has 0 bridgehead atoms. The largest absolute Gasteiger partial charge is 0.481 e. The van der Waals surface area contributed by atoms with E-state index in [4.69, 9.17) is 21.8 Å². The van der Waals surface area contributed by atoms with Gasteiger partial charge in [0, 0.05) is 6.54 Å².